The van der Waals surface area contributed by atoms with Gasteiger partial charge in [0.2, 0.25) is 11.8 Å². The zero-order chi connectivity index (χ0) is 61.8. The highest BCUT2D eigenvalue weighted by atomic mass is 35.5. The molecule has 6 saturated carbocycles. The van der Waals surface area contributed by atoms with E-state index in [1.54, 1.807) is 59.4 Å². The summed E-state index contributed by atoms with van der Waals surface area (Å²) in [7, 11) is -8.48. The maximum Gasteiger partial charge on any atom is 0.281 e. The molecule has 6 aromatic heterocycles. The number of rotatable bonds is 18. The van der Waals surface area contributed by atoms with E-state index in [2.05, 4.69) is 83.1 Å². The number of ether oxygens (including phenoxy) is 2. The summed E-state index contributed by atoms with van der Waals surface area (Å²) in [6, 6.07) is 19.2. The smallest absolute Gasteiger partial charge is 0.281 e. The van der Waals surface area contributed by atoms with E-state index in [0.717, 1.165) is 69.7 Å². The molecule has 4 spiro atoms. The van der Waals surface area contributed by atoms with Crippen molar-refractivity contribution in [2.75, 3.05) is 54.9 Å². The molecule has 3 aliphatic heterocycles. The number of sulfonamides is 2. The molecule has 25 heteroatoms. The first-order valence-corrected chi connectivity index (χ1v) is 35.1. The second-order valence-electron chi connectivity index (χ2n) is 27.8. The quantitative estimate of drug-likeness (QED) is 0.0396. The van der Waals surface area contributed by atoms with Gasteiger partial charge in [0, 0.05) is 55.2 Å². The molecule has 15 rings (SSSR count). The normalized spacial score (nSPS) is 23.7. The average Bonchev–Trinajstić information content (AvgIpc) is 1.46. The van der Waals surface area contributed by atoms with Crippen molar-refractivity contribution in [3.63, 3.8) is 0 Å². The summed E-state index contributed by atoms with van der Waals surface area (Å²) >= 11 is 6.34. The fourth-order valence-electron chi connectivity index (χ4n) is 16.4. The maximum absolute atomic E-state index is 13.6. The lowest BCUT2D eigenvalue weighted by Gasteiger charge is -2.34. The van der Waals surface area contributed by atoms with E-state index >= 15 is 0 Å². The van der Waals surface area contributed by atoms with Crippen LogP contribution in [0, 0.1) is 45.3 Å². The second-order valence-corrected chi connectivity index (χ2v) is 31.4. The number of aromatic nitrogens is 8. The van der Waals surface area contributed by atoms with Crippen LogP contribution in [-0.2, 0) is 20.0 Å². The first-order valence-electron chi connectivity index (χ1n) is 31.7. The number of hydrogen-bond acceptors (Lipinski definition) is 18. The van der Waals surface area contributed by atoms with Gasteiger partial charge >= 0.3 is 0 Å². The van der Waals surface area contributed by atoms with E-state index in [9.17, 15) is 26.4 Å². The Labute approximate surface area is 525 Å². The van der Waals surface area contributed by atoms with Crippen LogP contribution >= 0.6 is 11.6 Å². The summed E-state index contributed by atoms with van der Waals surface area (Å²) in [4.78, 5) is 46.4. The molecule has 9 heterocycles. The van der Waals surface area contributed by atoms with Crippen molar-refractivity contribution in [3.05, 3.63) is 101 Å². The third-order valence-corrected chi connectivity index (χ3v) is 24.0. The van der Waals surface area contributed by atoms with Crippen LogP contribution in [0.1, 0.15) is 151 Å². The highest BCUT2D eigenvalue weighted by Gasteiger charge is 2.86. The molecular formula is C64H79ClN14O8S2. The van der Waals surface area contributed by atoms with Gasteiger partial charge in [-0.2, -0.15) is 16.8 Å². The van der Waals surface area contributed by atoms with E-state index in [-0.39, 0.29) is 37.4 Å². The molecule has 5 N–H and O–H groups in total. The molecular weight excluding hydrogens is 1190 g/mol. The average molecular weight is 1270 g/mol. The van der Waals surface area contributed by atoms with Gasteiger partial charge in [-0.05, 0) is 231 Å². The minimum atomic E-state index is -4.26. The number of carbonyl (C=O) groups is 2. The van der Waals surface area contributed by atoms with E-state index in [1.165, 1.54) is 74.2 Å². The van der Waals surface area contributed by atoms with Crippen LogP contribution in [0.4, 0.5) is 17.5 Å². The van der Waals surface area contributed by atoms with E-state index < -0.39 is 31.9 Å². The predicted molar refractivity (Wildman–Crippen MR) is 335 cm³/mol. The van der Waals surface area contributed by atoms with Crippen LogP contribution in [0.25, 0.3) is 11.6 Å². The van der Waals surface area contributed by atoms with Gasteiger partial charge in [-0.25, -0.2) is 38.7 Å². The highest BCUT2D eigenvalue weighted by Crippen LogP contribution is 2.94. The molecule has 6 aliphatic carbocycles. The number of fused-ring (bicyclic) bond motifs is 8. The molecule has 9 aliphatic rings. The Morgan fingerprint density at radius 2 is 1.38 bits per heavy atom. The summed E-state index contributed by atoms with van der Waals surface area (Å²) in [6.45, 7) is 13.1. The Morgan fingerprint density at radius 3 is 2.00 bits per heavy atom. The summed E-state index contributed by atoms with van der Waals surface area (Å²) < 4.78 is 71.9. The van der Waals surface area contributed by atoms with Crippen molar-refractivity contribution in [2.45, 2.75) is 152 Å². The Morgan fingerprint density at radius 1 is 0.753 bits per heavy atom. The maximum atomic E-state index is 13.6. The Balaban J connectivity index is 0.000000156. The second kappa shape index (κ2) is 22.2. The number of pyridine rings is 4. The van der Waals surface area contributed by atoms with Gasteiger partial charge in [-0.1, -0.05) is 23.7 Å². The van der Waals surface area contributed by atoms with Crippen molar-refractivity contribution in [2.24, 2.45) is 45.3 Å². The van der Waals surface area contributed by atoms with Crippen LogP contribution in [-0.4, -0.2) is 119 Å². The summed E-state index contributed by atoms with van der Waals surface area (Å²) in [5.74, 6) is 4.28. The molecule has 2 amide bonds. The molecule has 472 valence electrons. The molecule has 2 atom stereocenters. The van der Waals surface area contributed by atoms with Crippen LogP contribution in [0.3, 0.4) is 0 Å². The lowest BCUT2D eigenvalue weighted by atomic mass is 9.93. The fraction of sp³-hybridized carbons (Fsp3) is 0.562. The molecule has 6 aromatic rings. The highest BCUT2D eigenvalue weighted by molar-refractivity contribution is 7.90. The number of halogens is 1. The summed E-state index contributed by atoms with van der Waals surface area (Å²) in [6.07, 6.45) is 22.8. The zero-order valence-electron chi connectivity index (χ0n) is 50.9. The predicted octanol–water partition coefficient (Wildman–Crippen LogP) is 9.52. The van der Waals surface area contributed by atoms with Gasteiger partial charge in [0.1, 0.15) is 22.6 Å². The van der Waals surface area contributed by atoms with Crippen molar-refractivity contribution >= 4 is 60.9 Å². The number of hydrogen-bond donors (Lipinski definition) is 5. The molecule has 0 radical (unpaired) electrons. The van der Waals surface area contributed by atoms with Gasteiger partial charge in [0.05, 0.1) is 24.3 Å². The largest absolute Gasteiger partial charge is 0.477 e. The molecule has 8 fully saturated rings. The molecule has 89 heavy (non-hydrogen) atoms. The van der Waals surface area contributed by atoms with Crippen LogP contribution < -0.4 is 39.8 Å². The molecule has 0 unspecified atom stereocenters. The van der Waals surface area contributed by atoms with Gasteiger partial charge in [0.15, 0.2) is 21.7 Å². The molecule has 0 aromatic carbocycles. The third kappa shape index (κ3) is 11.6. The van der Waals surface area contributed by atoms with Crippen molar-refractivity contribution in [1.82, 2.24) is 54.3 Å². The van der Waals surface area contributed by atoms with Gasteiger partial charge in [-0.15, -0.1) is 10.2 Å². The number of nitrogens with one attached hydrogen (secondary N) is 5. The minimum absolute atomic E-state index is 0.0843. The van der Waals surface area contributed by atoms with Crippen LogP contribution in [0.5, 0.6) is 11.8 Å². The lowest BCUT2D eigenvalue weighted by Crippen LogP contribution is -2.41. The molecule has 22 nitrogen and oxygen atoms in total. The Kier molecular flexibility index (Phi) is 14.9. The van der Waals surface area contributed by atoms with E-state index in [1.807, 2.05) is 12.3 Å². The van der Waals surface area contributed by atoms with Crippen molar-refractivity contribution < 1.29 is 35.9 Å². The standard InChI is InChI=1S/C32H40ClN7O4S.C32H39N7O4S/c1-30(2)19-21(20-35-30)5-4-16-34-24-6-3-7-27(36-24)45(42,43)39-29(41)22-8-9-25(37-28(22)33)40-17-10-26(38-40)44-18-11-23-31(12-13-31)32(23)14-15-32;1-30(2)19-21-5-4-16-33-24-6-3-7-27(34-24)44(41,42)37-29(40)22-8-9-25(35-28(22)38(30)20-21)39-17-10-26(36-39)43-18-11-23-31(12-13-31)32(23)14-15-32/h3,6-10,17,21,23,35H,4-5,11-16,18-20H2,1-2H3,(H,34,36)(H,39,41);3,6-10,17,21,23H,4-5,11-16,18-20H2,1-2H3,(H,33,34)(H,37,40)/t2*21-/m00/s1. The number of carbonyl (C=O) groups excluding carboxylic acids is 2. The Bertz CT molecular complexity index is 3930. The topological polar surface area (TPSA) is 271 Å². The Hall–Kier alpha value is -6.89. The number of anilines is 3. The SMILES string of the molecule is CC1(C)C[C@@H]2CCCNc3cccc(n3)S(=O)(=O)NC(=O)c3ccc(-n4ccc(OCCC5C6(CC6)C56CC6)n4)nc3N1C2.CC1(C)C[C@H](CCCNc2cccc(S(=O)(=O)NC(=O)c3ccc(-n4ccc(OCCC5C6(CC6)C56CC6)n4)nc3Cl)n2)CN1. The van der Waals surface area contributed by atoms with E-state index in [0.29, 0.717) is 107 Å². The van der Waals surface area contributed by atoms with E-state index in [4.69, 9.17) is 26.1 Å². The zero-order valence-corrected chi connectivity index (χ0v) is 53.3. The lowest BCUT2D eigenvalue weighted by molar-refractivity contribution is 0.0972. The van der Waals surface area contributed by atoms with Gasteiger partial charge in [-0.3, -0.25) is 9.59 Å². The fourth-order valence-corrected chi connectivity index (χ4v) is 18.5. The van der Waals surface area contributed by atoms with Gasteiger partial charge in [0.25, 0.3) is 31.9 Å². The first-order chi connectivity index (χ1) is 42.6. The van der Waals surface area contributed by atoms with Crippen LogP contribution in [0.2, 0.25) is 5.15 Å². The molecule has 2 saturated heterocycles. The van der Waals surface area contributed by atoms with Crippen LogP contribution in [0.15, 0.2) is 95.2 Å². The minimum Gasteiger partial charge on any atom is -0.477 e. The van der Waals surface area contributed by atoms with Gasteiger partial charge < -0.3 is 30.3 Å². The van der Waals surface area contributed by atoms with Crippen molar-refractivity contribution in [1.29, 1.82) is 0 Å². The third-order valence-electron chi connectivity index (χ3n) is 21.3. The molecule has 4 bridgehead atoms. The monoisotopic (exact) mass is 1270 g/mol. The first kappa shape index (κ1) is 59.7. The summed E-state index contributed by atoms with van der Waals surface area (Å²) in [5.41, 5.74) is 2.64. The number of amides is 2. The summed E-state index contributed by atoms with van der Waals surface area (Å²) in [5, 5.41) is 18.4. The number of nitrogens with zero attached hydrogens (tertiary/aromatic N) is 9. The van der Waals surface area contributed by atoms with Crippen molar-refractivity contribution in [3.8, 4) is 23.4 Å².